The number of aliphatic hydroxyl groups excluding tert-OH is 2. The number of nitrogens with two attached hydrogens (primary N) is 1. The van der Waals surface area contributed by atoms with E-state index in [1.807, 2.05) is 0 Å². The first-order valence-corrected chi connectivity index (χ1v) is 4.42. The first-order chi connectivity index (χ1) is 5.63. The summed E-state index contributed by atoms with van der Waals surface area (Å²) >= 11 is 0. The third kappa shape index (κ3) is 2.17. The van der Waals surface area contributed by atoms with Gasteiger partial charge in [-0.15, -0.1) is 0 Å². The Hall–Kier alpha value is -0.160. The van der Waals surface area contributed by atoms with Gasteiger partial charge in [0.25, 0.3) is 0 Å². The van der Waals surface area contributed by atoms with E-state index in [0.717, 1.165) is 25.7 Å². The van der Waals surface area contributed by atoms with Crippen molar-refractivity contribution in [2.75, 3.05) is 0 Å². The van der Waals surface area contributed by atoms with Crippen LogP contribution < -0.4 is 5.73 Å². The molecule has 0 aliphatic heterocycles. The molecule has 1 aliphatic rings. The Bertz CT molecular complexity index is 140. The van der Waals surface area contributed by atoms with Crippen molar-refractivity contribution < 1.29 is 15.3 Å². The van der Waals surface area contributed by atoms with Crippen molar-refractivity contribution in [3.63, 3.8) is 0 Å². The summed E-state index contributed by atoms with van der Waals surface area (Å²) in [6.07, 6.45) is 1.57. The zero-order valence-electron chi connectivity index (χ0n) is 7.06. The summed E-state index contributed by atoms with van der Waals surface area (Å²) in [6, 6.07) is -0.708. The Kier molecular flexibility index (Phi) is 3.46. The number of hydrogen-bond acceptors (Lipinski definition) is 4. The minimum Gasteiger partial charge on any atom is -0.393 e. The topological polar surface area (TPSA) is 86.7 Å². The highest BCUT2D eigenvalue weighted by Crippen LogP contribution is 2.26. The molecule has 0 saturated heterocycles. The van der Waals surface area contributed by atoms with Crippen molar-refractivity contribution in [1.82, 2.24) is 0 Å². The van der Waals surface area contributed by atoms with E-state index < -0.39 is 18.4 Å². The molecular formula is C8H17NO3. The average molecular weight is 175 g/mol. The van der Waals surface area contributed by atoms with E-state index in [2.05, 4.69) is 0 Å². The fraction of sp³-hybridized carbons (Fsp3) is 1.00. The van der Waals surface area contributed by atoms with E-state index in [0.29, 0.717) is 0 Å². The highest BCUT2D eigenvalue weighted by atomic mass is 16.5. The van der Waals surface area contributed by atoms with Crippen LogP contribution in [0.15, 0.2) is 0 Å². The SMILES string of the molecule is NC(C(O)O)C1CCCCC1O. The van der Waals surface area contributed by atoms with Gasteiger partial charge < -0.3 is 21.1 Å². The minimum absolute atomic E-state index is 0.154. The lowest BCUT2D eigenvalue weighted by Gasteiger charge is -2.32. The molecular weight excluding hydrogens is 158 g/mol. The summed E-state index contributed by atoms with van der Waals surface area (Å²) in [5.74, 6) is -0.154. The molecule has 5 N–H and O–H groups in total. The van der Waals surface area contributed by atoms with Crippen LogP contribution in [0.25, 0.3) is 0 Å². The second-order valence-corrected chi connectivity index (χ2v) is 3.51. The van der Waals surface area contributed by atoms with Crippen LogP contribution in [0.5, 0.6) is 0 Å². The standard InChI is InChI=1S/C8H17NO3/c9-7(8(11)12)5-3-1-2-4-6(5)10/h5-8,10-12H,1-4,9H2. The summed E-state index contributed by atoms with van der Waals surface area (Å²) in [6.45, 7) is 0. The van der Waals surface area contributed by atoms with Gasteiger partial charge in [0.1, 0.15) is 0 Å². The minimum atomic E-state index is -1.51. The molecule has 1 saturated carbocycles. The molecule has 4 heteroatoms. The normalized spacial score (nSPS) is 33.8. The van der Waals surface area contributed by atoms with E-state index in [1.54, 1.807) is 0 Å². The third-order valence-corrected chi connectivity index (χ3v) is 2.62. The van der Waals surface area contributed by atoms with Crippen molar-refractivity contribution in [3.8, 4) is 0 Å². The molecule has 0 aromatic heterocycles. The maximum atomic E-state index is 9.49. The van der Waals surface area contributed by atoms with Crippen molar-refractivity contribution in [3.05, 3.63) is 0 Å². The van der Waals surface area contributed by atoms with Crippen LogP contribution in [-0.4, -0.2) is 33.8 Å². The van der Waals surface area contributed by atoms with Gasteiger partial charge in [0.05, 0.1) is 12.1 Å². The predicted molar refractivity (Wildman–Crippen MR) is 44.2 cm³/mol. The summed E-state index contributed by atoms with van der Waals surface area (Å²) in [5, 5.41) is 27.1. The van der Waals surface area contributed by atoms with E-state index in [4.69, 9.17) is 15.9 Å². The Balaban J connectivity index is 2.47. The lowest BCUT2D eigenvalue weighted by molar-refractivity contribution is -0.0910. The van der Waals surface area contributed by atoms with Gasteiger partial charge in [-0.05, 0) is 12.8 Å². The van der Waals surface area contributed by atoms with Crippen LogP contribution in [0.3, 0.4) is 0 Å². The van der Waals surface area contributed by atoms with E-state index in [1.165, 1.54) is 0 Å². The molecule has 0 heterocycles. The molecule has 0 radical (unpaired) electrons. The molecule has 0 aromatic carbocycles. The van der Waals surface area contributed by atoms with Gasteiger partial charge in [-0.2, -0.15) is 0 Å². The van der Waals surface area contributed by atoms with Gasteiger partial charge in [-0.25, -0.2) is 0 Å². The third-order valence-electron chi connectivity index (χ3n) is 2.62. The molecule has 0 bridgehead atoms. The second kappa shape index (κ2) is 4.18. The van der Waals surface area contributed by atoms with Gasteiger partial charge >= 0.3 is 0 Å². The lowest BCUT2D eigenvalue weighted by Crippen LogP contribution is -2.47. The fourth-order valence-electron chi connectivity index (χ4n) is 1.81. The van der Waals surface area contributed by atoms with Crippen LogP contribution >= 0.6 is 0 Å². The molecule has 3 atom stereocenters. The molecule has 72 valence electrons. The number of aliphatic hydroxyl groups is 3. The van der Waals surface area contributed by atoms with Gasteiger partial charge in [-0.3, -0.25) is 0 Å². The maximum Gasteiger partial charge on any atom is 0.167 e. The van der Waals surface area contributed by atoms with Crippen molar-refractivity contribution in [1.29, 1.82) is 0 Å². The van der Waals surface area contributed by atoms with Crippen LogP contribution in [0.2, 0.25) is 0 Å². The molecule has 1 fully saturated rings. The largest absolute Gasteiger partial charge is 0.393 e. The quantitative estimate of drug-likeness (QED) is 0.413. The predicted octanol–water partition coefficient (Wildman–Crippen LogP) is -0.825. The summed E-state index contributed by atoms with van der Waals surface area (Å²) < 4.78 is 0. The zero-order chi connectivity index (χ0) is 9.14. The Morgan fingerprint density at radius 3 is 2.25 bits per heavy atom. The molecule has 0 aromatic rings. The first kappa shape index (κ1) is 9.92. The molecule has 0 spiro atoms. The highest BCUT2D eigenvalue weighted by molar-refractivity contribution is 4.83. The van der Waals surface area contributed by atoms with E-state index in [9.17, 15) is 5.11 Å². The van der Waals surface area contributed by atoms with Crippen LogP contribution in [-0.2, 0) is 0 Å². The molecule has 0 amide bonds. The van der Waals surface area contributed by atoms with Gasteiger partial charge in [0.2, 0.25) is 0 Å². The molecule has 1 aliphatic carbocycles. The Morgan fingerprint density at radius 2 is 1.75 bits per heavy atom. The fourth-order valence-corrected chi connectivity index (χ4v) is 1.81. The lowest BCUT2D eigenvalue weighted by atomic mass is 9.81. The number of hydrogen-bond donors (Lipinski definition) is 4. The molecule has 12 heavy (non-hydrogen) atoms. The summed E-state index contributed by atoms with van der Waals surface area (Å²) in [5.41, 5.74) is 5.52. The first-order valence-electron chi connectivity index (χ1n) is 4.42. The maximum absolute atomic E-state index is 9.49. The van der Waals surface area contributed by atoms with Crippen molar-refractivity contribution >= 4 is 0 Å². The summed E-state index contributed by atoms with van der Waals surface area (Å²) in [7, 11) is 0. The second-order valence-electron chi connectivity index (χ2n) is 3.51. The molecule has 4 nitrogen and oxygen atoms in total. The van der Waals surface area contributed by atoms with Crippen molar-refractivity contribution in [2.24, 2.45) is 11.7 Å². The number of rotatable bonds is 2. The van der Waals surface area contributed by atoms with Gasteiger partial charge in [0.15, 0.2) is 6.29 Å². The van der Waals surface area contributed by atoms with Crippen LogP contribution in [0.4, 0.5) is 0 Å². The smallest absolute Gasteiger partial charge is 0.167 e. The molecule has 1 rings (SSSR count). The Labute approximate surface area is 72.0 Å². The van der Waals surface area contributed by atoms with Crippen LogP contribution in [0, 0.1) is 5.92 Å². The molecule has 3 unspecified atom stereocenters. The van der Waals surface area contributed by atoms with Crippen LogP contribution in [0.1, 0.15) is 25.7 Å². The van der Waals surface area contributed by atoms with Gasteiger partial charge in [-0.1, -0.05) is 12.8 Å². The van der Waals surface area contributed by atoms with E-state index >= 15 is 0 Å². The highest BCUT2D eigenvalue weighted by Gasteiger charge is 2.31. The van der Waals surface area contributed by atoms with Gasteiger partial charge in [0, 0.05) is 5.92 Å². The van der Waals surface area contributed by atoms with Crippen molar-refractivity contribution in [2.45, 2.75) is 44.1 Å². The zero-order valence-corrected chi connectivity index (χ0v) is 7.06. The van der Waals surface area contributed by atoms with E-state index in [-0.39, 0.29) is 5.92 Å². The summed E-state index contributed by atoms with van der Waals surface area (Å²) in [4.78, 5) is 0. The average Bonchev–Trinajstić information content (AvgIpc) is 2.04. The monoisotopic (exact) mass is 175 g/mol. The Morgan fingerprint density at radius 1 is 1.17 bits per heavy atom.